The third-order valence-electron chi connectivity index (χ3n) is 8.35. The lowest BCUT2D eigenvalue weighted by Gasteiger charge is -2.26. The Kier molecular flexibility index (Phi) is 12.1. The molecule has 0 saturated heterocycles. The number of nitrogens with zero attached hydrogens (tertiary/aromatic N) is 1. The first kappa shape index (κ1) is 28.5. The van der Waals surface area contributed by atoms with Crippen molar-refractivity contribution in [2.45, 2.75) is 129 Å². The van der Waals surface area contributed by atoms with Crippen LogP contribution in [0.1, 0.15) is 129 Å². The van der Waals surface area contributed by atoms with Crippen molar-refractivity contribution in [2.75, 3.05) is 11.4 Å². The van der Waals surface area contributed by atoms with Crippen LogP contribution in [0.3, 0.4) is 0 Å². The second-order valence-electron chi connectivity index (χ2n) is 11.6. The monoisotopic (exact) mass is 487 g/mol. The highest BCUT2D eigenvalue weighted by Crippen LogP contribution is 2.48. The molecule has 1 nitrogen and oxygen atoms in total. The Labute approximate surface area is 223 Å². The maximum absolute atomic E-state index is 4.52. The zero-order valence-corrected chi connectivity index (χ0v) is 23.8. The van der Waals surface area contributed by atoms with Gasteiger partial charge >= 0.3 is 0 Å². The Morgan fingerprint density at radius 3 is 1.64 bits per heavy atom. The number of rotatable bonds is 18. The summed E-state index contributed by atoms with van der Waals surface area (Å²) in [7, 11) is 0. The third-order valence-corrected chi connectivity index (χ3v) is 8.35. The predicted molar refractivity (Wildman–Crippen MR) is 161 cm³/mol. The molecule has 1 aliphatic heterocycles. The van der Waals surface area contributed by atoms with Gasteiger partial charge in [0.15, 0.2) is 0 Å². The van der Waals surface area contributed by atoms with E-state index in [0.717, 1.165) is 6.54 Å². The van der Waals surface area contributed by atoms with Gasteiger partial charge in [0.2, 0.25) is 0 Å². The third kappa shape index (κ3) is 8.25. The highest BCUT2D eigenvalue weighted by Gasteiger charge is 2.38. The number of anilines is 1. The summed E-state index contributed by atoms with van der Waals surface area (Å²) in [5, 5.41) is 0. The number of allylic oxidation sites excluding steroid dienone is 1. The molecule has 0 aliphatic carbocycles. The Balaban J connectivity index is 1.30. The lowest BCUT2D eigenvalue weighted by atomic mass is 9.84. The van der Waals surface area contributed by atoms with Gasteiger partial charge < -0.3 is 4.90 Å². The molecule has 0 aromatic heterocycles. The van der Waals surface area contributed by atoms with E-state index in [-0.39, 0.29) is 5.41 Å². The molecule has 198 valence electrons. The molecule has 36 heavy (non-hydrogen) atoms. The van der Waals surface area contributed by atoms with Gasteiger partial charge in [-0.05, 0) is 29.2 Å². The number of fused-ring (bicyclic) bond motifs is 1. The van der Waals surface area contributed by atoms with Crippen LogP contribution in [0.5, 0.6) is 0 Å². The van der Waals surface area contributed by atoms with Crippen LogP contribution in [-0.4, -0.2) is 6.54 Å². The second kappa shape index (κ2) is 15.3. The molecule has 0 fully saturated rings. The quantitative estimate of drug-likeness (QED) is 0.189. The number of hydrogen-bond donors (Lipinski definition) is 0. The molecule has 0 N–H and O–H groups in total. The van der Waals surface area contributed by atoms with Crippen LogP contribution < -0.4 is 4.90 Å². The minimum atomic E-state index is 0.0135. The van der Waals surface area contributed by atoms with Gasteiger partial charge in [-0.2, -0.15) is 0 Å². The van der Waals surface area contributed by atoms with Crippen LogP contribution in [0, 0.1) is 0 Å². The van der Waals surface area contributed by atoms with Gasteiger partial charge in [-0.1, -0.05) is 166 Å². The van der Waals surface area contributed by atoms with E-state index in [4.69, 9.17) is 0 Å². The van der Waals surface area contributed by atoms with Crippen molar-refractivity contribution >= 4 is 5.69 Å². The number of benzene rings is 2. The molecule has 2 aromatic rings. The van der Waals surface area contributed by atoms with Gasteiger partial charge in [0.1, 0.15) is 0 Å². The minimum Gasteiger partial charge on any atom is -0.345 e. The summed E-state index contributed by atoms with van der Waals surface area (Å²) in [6.07, 6.45) is 22.6. The fourth-order valence-electron chi connectivity index (χ4n) is 5.81. The molecule has 0 atom stereocenters. The van der Waals surface area contributed by atoms with Crippen LogP contribution in [0.2, 0.25) is 0 Å². The Morgan fingerprint density at radius 1 is 0.611 bits per heavy atom. The predicted octanol–water partition coefficient (Wildman–Crippen LogP) is 11.2. The topological polar surface area (TPSA) is 3.24 Å². The molecule has 0 radical (unpaired) electrons. The number of hydrogen-bond acceptors (Lipinski definition) is 1. The zero-order chi connectivity index (χ0) is 25.6. The second-order valence-corrected chi connectivity index (χ2v) is 11.6. The molecule has 0 unspecified atom stereocenters. The van der Waals surface area contributed by atoms with E-state index in [9.17, 15) is 0 Å². The lowest BCUT2D eigenvalue weighted by molar-refractivity contribution is 0.529. The average molecular weight is 488 g/mol. The summed E-state index contributed by atoms with van der Waals surface area (Å²) < 4.78 is 0. The highest BCUT2D eigenvalue weighted by molar-refractivity contribution is 5.77. The van der Waals surface area contributed by atoms with Gasteiger partial charge in [0, 0.05) is 23.3 Å². The minimum absolute atomic E-state index is 0.0135. The molecular formula is C35H53N. The van der Waals surface area contributed by atoms with E-state index in [1.54, 1.807) is 0 Å². The van der Waals surface area contributed by atoms with E-state index in [1.807, 2.05) is 0 Å². The molecule has 0 amide bonds. The van der Waals surface area contributed by atoms with Gasteiger partial charge in [0.05, 0.1) is 0 Å². The molecular weight excluding hydrogens is 434 g/mol. The zero-order valence-electron chi connectivity index (χ0n) is 23.8. The molecule has 1 heterocycles. The Bertz CT molecular complexity index is 894. The smallest absolute Gasteiger partial charge is 0.0456 e. The Hall–Kier alpha value is -2.02. The maximum Gasteiger partial charge on any atom is 0.0456 e. The fraction of sp³-hybridized carbons (Fsp3) is 0.600. The standard InChI is InChI=1S/C35H53N/c1-5-6-7-8-9-10-11-12-13-14-15-16-17-18-19-23-28-36-30(2)35(3,4)33-27-26-32(29-34(33)36)31-24-21-20-22-25-31/h20-22,24-27,29H,2,5-19,23,28H2,1,3-4H3. The lowest BCUT2D eigenvalue weighted by Crippen LogP contribution is -2.26. The molecule has 1 heteroatoms. The van der Waals surface area contributed by atoms with E-state index in [0.29, 0.717) is 0 Å². The van der Waals surface area contributed by atoms with Crippen molar-refractivity contribution in [1.29, 1.82) is 0 Å². The molecule has 0 saturated carbocycles. The van der Waals surface area contributed by atoms with Crippen molar-refractivity contribution in [3.05, 3.63) is 66.4 Å². The Morgan fingerprint density at radius 2 is 1.11 bits per heavy atom. The summed E-state index contributed by atoms with van der Waals surface area (Å²) in [5.74, 6) is 0. The first-order valence-electron chi connectivity index (χ1n) is 15.2. The van der Waals surface area contributed by atoms with Crippen LogP contribution >= 0.6 is 0 Å². The molecule has 1 aliphatic rings. The maximum atomic E-state index is 4.52. The van der Waals surface area contributed by atoms with Gasteiger partial charge in [0.25, 0.3) is 0 Å². The molecule has 2 aromatic carbocycles. The van der Waals surface area contributed by atoms with E-state index < -0.39 is 0 Å². The first-order valence-corrected chi connectivity index (χ1v) is 15.2. The fourth-order valence-corrected chi connectivity index (χ4v) is 5.81. The van der Waals surface area contributed by atoms with Crippen LogP contribution in [0.15, 0.2) is 60.8 Å². The van der Waals surface area contributed by atoms with Crippen molar-refractivity contribution in [1.82, 2.24) is 0 Å². The normalized spacial score (nSPS) is 14.4. The largest absolute Gasteiger partial charge is 0.345 e. The summed E-state index contributed by atoms with van der Waals surface area (Å²) in [6.45, 7) is 12.6. The SMILES string of the molecule is C=C1N(CCCCCCCCCCCCCCCCCC)c2cc(-c3ccccc3)ccc2C1(C)C. The average Bonchev–Trinajstić information content (AvgIpc) is 3.08. The van der Waals surface area contributed by atoms with Crippen molar-refractivity contribution in [2.24, 2.45) is 0 Å². The summed E-state index contributed by atoms with van der Waals surface area (Å²) >= 11 is 0. The van der Waals surface area contributed by atoms with E-state index in [1.165, 1.54) is 131 Å². The number of unbranched alkanes of at least 4 members (excludes halogenated alkanes) is 15. The van der Waals surface area contributed by atoms with Gasteiger partial charge in [-0.25, -0.2) is 0 Å². The molecule has 0 bridgehead atoms. The van der Waals surface area contributed by atoms with Crippen molar-refractivity contribution in [3.8, 4) is 11.1 Å². The molecule has 3 rings (SSSR count). The summed E-state index contributed by atoms with van der Waals surface area (Å²) in [5.41, 5.74) is 6.65. The summed E-state index contributed by atoms with van der Waals surface area (Å²) in [4.78, 5) is 2.51. The molecule has 0 spiro atoms. The van der Waals surface area contributed by atoms with E-state index in [2.05, 4.69) is 80.8 Å². The van der Waals surface area contributed by atoms with Crippen molar-refractivity contribution in [3.63, 3.8) is 0 Å². The van der Waals surface area contributed by atoms with Crippen LogP contribution in [-0.2, 0) is 5.41 Å². The van der Waals surface area contributed by atoms with Crippen molar-refractivity contribution < 1.29 is 0 Å². The van der Waals surface area contributed by atoms with Gasteiger partial charge in [-0.3, -0.25) is 0 Å². The highest BCUT2D eigenvalue weighted by atomic mass is 15.2. The van der Waals surface area contributed by atoms with Crippen LogP contribution in [0.25, 0.3) is 11.1 Å². The summed E-state index contributed by atoms with van der Waals surface area (Å²) in [6, 6.07) is 17.7. The van der Waals surface area contributed by atoms with Crippen LogP contribution in [0.4, 0.5) is 5.69 Å². The van der Waals surface area contributed by atoms with E-state index >= 15 is 0 Å². The first-order chi connectivity index (χ1) is 17.6. The van der Waals surface area contributed by atoms with Gasteiger partial charge in [-0.15, -0.1) is 0 Å².